The zero-order valence-electron chi connectivity index (χ0n) is 7.30. The van der Waals surface area contributed by atoms with Crippen molar-refractivity contribution in [2.75, 3.05) is 5.73 Å². The van der Waals surface area contributed by atoms with Gasteiger partial charge in [-0.3, -0.25) is 0 Å². The van der Waals surface area contributed by atoms with Crippen molar-refractivity contribution in [1.29, 1.82) is 0 Å². The summed E-state index contributed by atoms with van der Waals surface area (Å²) in [5, 5.41) is 3.48. The lowest BCUT2D eigenvalue weighted by molar-refractivity contribution is 0.434. The molecule has 1 aromatic heterocycles. The zero-order chi connectivity index (χ0) is 11.0. The molecule has 3 nitrogen and oxygen atoms in total. The molecule has 0 radical (unpaired) electrons. The monoisotopic (exact) mass is 274 g/mol. The molecule has 0 atom stereocenters. The van der Waals surface area contributed by atoms with Gasteiger partial charge in [0.05, 0.1) is 0 Å². The number of nitrogens with two attached hydrogens (primary N) is 1. The van der Waals surface area contributed by atoms with Crippen LogP contribution in [0, 0.1) is 11.6 Å². The molecule has 0 aliphatic carbocycles. The van der Waals surface area contributed by atoms with Gasteiger partial charge in [0.15, 0.2) is 23.2 Å². The van der Waals surface area contributed by atoms with Crippen LogP contribution >= 0.6 is 15.9 Å². The van der Waals surface area contributed by atoms with Crippen molar-refractivity contribution in [3.05, 3.63) is 34.3 Å². The minimum Gasteiger partial charge on any atom is -0.380 e. The fourth-order valence-electron chi connectivity index (χ4n) is 1.11. The summed E-state index contributed by atoms with van der Waals surface area (Å²) in [5.74, 6) is -1.43. The van der Waals surface area contributed by atoms with Crippen LogP contribution in [-0.2, 0) is 0 Å². The Balaban J connectivity index is 2.55. The Morgan fingerprint density at radius 1 is 1.27 bits per heavy atom. The van der Waals surface area contributed by atoms with Gasteiger partial charge in [-0.1, -0.05) is 5.16 Å². The zero-order valence-corrected chi connectivity index (χ0v) is 8.88. The van der Waals surface area contributed by atoms with Gasteiger partial charge in [0.25, 0.3) is 0 Å². The summed E-state index contributed by atoms with van der Waals surface area (Å²) in [4.78, 5) is 0. The molecule has 2 rings (SSSR count). The Morgan fingerprint density at radius 3 is 2.53 bits per heavy atom. The van der Waals surface area contributed by atoms with Gasteiger partial charge in [-0.2, -0.15) is 0 Å². The van der Waals surface area contributed by atoms with Crippen LogP contribution in [0.3, 0.4) is 0 Å². The number of halogens is 3. The first-order valence-corrected chi connectivity index (χ1v) is 4.75. The van der Waals surface area contributed by atoms with E-state index in [1.807, 2.05) is 0 Å². The molecule has 0 fully saturated rings. The lowest BCUT2D eigenvalue weighted by Gasteiger charge is -1.97. The van der Waals surface area contributed by atoms with E-state index in [0.717, 1.165) is 12.1 Å². The first kappa shape index (κ1) is 10.1. The number of hydrogen-bond donors (Lipinski definition) is 1. The van der Waals surface area contributed by atoms with Gasteiger partial charge < -0.3 is 10.3 Å². The minimum absolute atomic E-state index is 0.162. The van der Waals surface area contributed by atoms with Gasteiger partial charge in [0, 0.05) is 5.56 Å². The van der Waals surface area contributed by atoms with Crippen molar-refractivity contribution in [3.63, 3.8) is 0 Å². The normalized spacial score (nSPS) is 10.6. The molecule has 0 aliphatic heterocycles. The van der Waals surface area contributed by atoms with Crippen molar-refractivity contribution in [2.45, 2.75) is 0 Å². The van der Waals surface area contributed by atoms with Crippen LogP contribution in [0.2, 0.25) is 0 Å². The Kier molecular flexibility index (Phi) is 2.44. The highest BCUT2D eigenvalue weighted by Gasteiger charge is 2.14. The maximum Gasteiger partial charge on any atom is 0.183 e. The first-order valence-electron chi connectivity index (χ1n) is 3.95. The van der Waals surface area contributed by atoms with E-state index in [4.69, 9.17) is 10.3 Å². The van der Waals surface area contributed by atoms with Crippen molar-refractivity contribution in [1.82, 2.24) is 5.16 Å². The molecule has 15 heavy (non-hydrogen) atoms. The molecule has 0 saturated heterocycles. The van der Waals surface area contributed by atoms with Crippen molar-refractivity contribution in [3.8, 4) is 11.3 Å². The smallest absolute Gasteiger partial charge is 0.183 e. The molecular weight excluding hydrogens is 270 g/mol. The molecule has 0 saturated carbocycles. The highest BCUT2D eigenvalue weighted by atomic mass is 79.9. The van der Waals surface area contributed by atoms with Gasteiger partial charge >= 0.3 is 0 Å². The molecule has 1 aromatic carbocycles. The molecule has 0 amide bonds. The standard InChI is InChI=1S/C9H5BrF2N2O/c10-7-8(15-14-9(7)13)4-1-2-5(11)6(12)3-4/h1-3H,(H2,13,14). The number of aromatic nitrogens is 1. The topological polar surface area (TPSA) is 52.0 Å². The van der Waals surface area contributed by atoms with E-state index in [1.54, 1.807) is 0 Å². The maximum atomic E-state index is 12.9. The summed E-state index contributed by atoms with van der Waals surface area (Å²) in [6.07, 6.45) is 0. The van der Waals surface area contributed by atoms with E-state index in [-0.39, 0.29) is 11.6 Å². The first-order chi connectivity index (χ1) is 7.09. The van der Waals surface area contributed by atoms with E-state index < -0.39 is 11.6 Å². The van der Waals surface area contributed by atoms with Crippen LogP contribution in [0.15, 0.2) is 27.2 Å². The fraction of sp³-hybridized carbons (Fsp3) is 0. The predicted octanol–water partition coefficient (Wildman–Crippen LogP) is 2.96. The largest absolute Gasteiger partial charge is 0.380 e. The average Bonchev–Trinajstić information content (AvgIpc) is 2.53. The van der Waals surface area contributed by atoms with E-state index in [0.29, 0.717) is 10.0 Å². The van der Waals surface area contributed by atoms with Gasteiger partial charge in [0.2, 0.25) is 0 Å². The van der Waals surface area contributed by atoms with Gasteiger partial charge in [-0.05, 0) is 34.1 Å². The van der Waals surface area contributed by atoms with Crippen LogP contribution in [0.1, 0.15) is 0 Å². The summed E-state index contributed by atoms with van der Waals surface area (Å²) in [6.45, 7) is 0. The van der Waals surface area contributed by atoms with E-state index in [2.05, 4.69) is 21.1 Å². The van der Waals surface area contributed by atoms with E-state index in [9.17, 15) is 8.78 Å². The number of anilines is 1. The van der Waals surface area contributed by atoms with Gasteiger partial charge in [-0.15, -0.1) is 0 Å². The van der Waals surface area contributed by atoms with Crippen molar-refractivity contribution < 1.29 is 13.3 Å². The van der Waals surface area contributed by atoms with Crippen molar-refractivity contribution in [2.24, 2.45) is 0 Å². The second-order valence-corrected chi connectivity index (χ2v) is 3.63. The van der Waals surface area contributed by atoms with Crippen molar-refractivity contribution >= 4 is 21.7 Å². The van der Waals surface area contributed by atoms with Gasteiger partial charge in [-0.25, -0.2) is 8.78 Å². The number of nitrogens with zero attached hydrogens (tertiary/aromatic N) is 1. The second-order valence-electron chi connectivity index (χ2n) is 2.84. The number of hydrogen-bond acceptors (Lipinski definition) is 3. The molecule has 0 bridgehead atoms. The Hall–Kier alpha value is -1.43. The predicted molar refractivity (Wildman–Crippen MR) is 54.0 cm³/mol. The lowest BCUT2D eigenvalue weighted by Crippen LogP contribution is -1.85. The quantitative estimate of drug-likeness (QED) is 0.870. The lowest BCUT2D eigenvalue weighted by atomic mass is 10.1. The van der Waals surface area contributed by atoms with Crippen LogP contribution in [-0.4, -0.2) is 5.16 Å². The molecule has 1 heterocycles. The third-order valence-electron chi connectivity index (χ3n) is 1.84. The van der Waals surface area contributed by atoms with Crippen LogP contribution < -0.4 is 5.73 Å². The summed E-state index contributed by atoms with van der Waals surface area (Å²) in [7, 11) is 0. The number of nitrogen functional groups attached to an aromatic ring is 1. The number of rotatable bonds is 1. The molecule has 0 unspecified atom stereocenters. The van der Waals surface area contributed by atoms with E-state index in [1.165, 1.54) is 6.07 Å². The molecule has 78 valence electrons. The van der Waals surface area contributed by atoms with Crippen LogP contribution in [0.25, 0.3) is 11.3 Å². The maximum absolute atomic E-state index is 12.9. The van der Waals surface area contributed by atoms with Crippen LogP contribution in [0.5, 0.6) is 0 Å². The molecule has 2 aromatic rings. The Bertz CT molecular complexity index is 513. The Labute approximate surface area is 92.0 Å². The fourth-order valence-corrected chi connectivity index (χ4v) is 1.48. The Morgan fingerprint density at radius 2 is 2.00 bits per heavy atom. The summed E-state index contributed by atoms with van der Waals surface area (Å²) >= 11 is 3.13. The third kappa shape index (κ3) is 1.72. The molecule has 0 spiro atoms. The SMILES string of the molecule is Nc1noc(-c2ccc(F)c(F)c2)c1Br. The molecular formula is C9H5BrF2N2O. The average molecular weight is 275 g/mol. The second kappa shape index (κ2) is 3.62. The molecule has 2 N–H and O–H groups in total. The molecule has 0 aliphatic rings. The highest BCUT2D eigenvalue weighted by Crippen LogP contribution is 2.32. The minimum atomic E-state index is -0.950. The summed E-state index contributed by atoms with van der Waals surface area (Å²) in [6, 6.07) is 3.40. The van der Waals surface area contributed by atoms with E-state index >= 15 is 0 Å². The molecule has 6 heteroatoms. The van der Waals surface area contributed by atoms with Gasteiger partial charge in [0.1, 0.15) is 4.47 Å². The number of benzene rings is 1. The van der Waals surface area contributed by atoms with Crippen LogP contribution in [0.4, 0.5) is 14.6 Å². The highest BCUT2D eigenvalue weighted by molar-refractivity contribution is 9.10. The third-order valence-corrected chi connectivity index (χ3v) is 2.61. The summed E-state index contributed by atoms with van der Waals surface area (Å²) < 4.78 is 30.9. The summed E-state index contributed by atoms with van der Waals surface area (Å²) in [5.41, 5.74) is 5.79.